The Kier molecular flexibility index (Phi) is 4.30. The predicted molar refractivity (Wildman–Crippen MR) is 101 cm³/mol. The highest BCUT2D eigenvalue weighted by molar-refractivity contribution is 6.11. The van der Waals surface area contributed by atoms with E-state index in [4.69, 9.17) is 0 Å². The maximum Gasteiger partial charge on any atom is 0.325 e. The van der Waals surface area contributed by atoms with E-state index in [0.29, 0.717) is 11.1 Å². The maximum absolute atomic E-state index is 12.9. The van der Waals surface area contributed by atoms with Gasteiger partial charge in [0.25, 0.3) is 5.91 Å². The minimum atomic E-state index is -1.14. The summed E-state index contributed by atoms with van der Waals surface area (Å²) < 4.78 is 0. The molecular weight excluding hydrogens is 340 g/mol. The number of nitrogens with zero attached hydrogens (tertiary/aromatic N) is 1. The molecule has 3 amide bonds. The van der Waals surface area contributed by atoms with E-state index in [2.05, 4.69) is 5.32 Å². The van der Waals surface area contributed by atoms with Crippen molar-refractivity contribution in [3.8, 4) is 0 Å². The number of carbonyl (C=O) groups is 3. The minimum Gasteiger partial charge on any atom is -0.319 e. The van der Waals surface area contributed by atoms with Crippen molar-refractivity contribution in [1.29, 1.82) is 0 Å². The summed E-state index contributed by atoms with van der Waals surface area (Å²) in [5.41, 5.74) is 2.62. The molecule has 5 heteroatoms. The van der Waals surface area contributed by atoms with Gasteiger partial charge in [0.1, 0.15) is 5.54 Å². The highest BCUT2D eigenvalue weighted by Gasteiger charge is 2.49. The summed E-state index contributed by atoms with van der Waals surface area (Å²) in [4.78, 5) is 39.1. The van der Waals surface area contributed by atoms with Crippen LogP contribution in [0.3, 0.4) is 0 Å². The number of amides is 3. The smallest absolute Gasteiger partial charge is 0.319 e. The van der Waals surface area contributed by atoms with E-state index in [-0.39, 0.29) is 12.3 Å². The van der Waals surface area contributed by atoms with Crippen LogP contribution < -0.4 is 5.32 Å². The standard InChI is InChI=1S/C22H22N2O3/c1-22(18-9-3-2-4-10-18)20(26)24(21(27)23-22)14-19(25)17-12-11-15-7-5-6-8-16(15)13-17/h2-4,9-13H,5-8,14H2,1H3,(H,23,27)/t22-/m0/s1. The van der Waals surface area contributed by atoms with E-state index in [9.17, 15) is 14.4 Å². The lowest BCUT2D eigenvalue weighted by atomic mass is 9.89. The van der Waals surface area contributed by atoms with Gasteiger partial charge in [-0.2, -0.15) is 0 Å². The quantitative estimate of drug-likeness (QED) is 0.671. The second kappa shape index (κ2) is 6.65. The molecule has 4 rings (SSSR count). The number of imide groups is 1. The first-order chi connectivity index (χ1) is 13.0. The summed E-state index contributed by atoms with van der Waals surface area (Å²) in [6.45, 7) is 1.43. The molecular formula is C22H22N2O3. The van der Waals surface area contributed by atoms with E-state index < -0.39 is 17.5 Å². The molecule has 1 fully saturated rings. The van der Waals surface area contributed by atoms with Crippen molar-refractivity contribution in [2.45, 2.75) is 38.1 Å². The topological polar surface area (TPSA) is 66.5 Å². The molecule has 0 saturated carbocycles. The predicted octanol–water partition coefficient (Wildman–Crippen LogP) is 3.22. The zero-order valence-electron chi connectivity index (χ0n) is 15.3. The third kappa shape index (κ3) is 3.03. The van der Waals surface area contributed by atoms with Crippen LogP contribution in [0, 0.1) is 0 Å². The van der Waals surface area contributed by atoms with Crippen molar-refractivity contribution in [3.63, 3.8) is 0 Å². The zero-order valence-corrected chi connectivity index (χ0v) is 15.3. The molecule has 0 aromatic heterocycles. The van der Waals surface area contributed by atoms with E-state index in [0.717, 1.165) is 24.2 Å². The van der Waals surface area contributed by atoms with Gasteiger partial charge in [0.15, 0.2) is 5.78 Å². The van der Waals surface area contributed by atoms with E-state index in [1.807, 2.05) is 30.3 Å². The Morgan fingerprint density at radius 1 is 1.04 bits per heavy atom. The number of nitrogens with one attached hydrogen (secondary N) is 1. The number of hydrogen-bond acceptors (Lipinski definition) is 3. The van der Waals surface area contributed by atoms with Crippen molar-refractivity contribution < 1.29 is 14.4 Å². The van der Waals surface area contributed by atoms with Crippen molar-refractivity contribution in [1.82, 2.24) is 10.2 Å². The molecule has 1 saturated heterocycles. The Hall–Kier alpha value is -2.95. The number of hydrogen-bond donors (Lipinski definition) is 1. The molecule has 1 atom stereocenters. The molecule has 0 radical (unpaired) electrons. The molecule has 5 nitrogen and oxygen atoms in total. The van der Waals surface area contributed by atoms with Gasteiger partial charge in [0.2, 0.25) is 0 Å². The number of urea groups is 1. The number of rotatable bonds is 4. The fraction of sp³-hybridized carbons (Fsp3) is 0.318. The van der Waals surface area contributed by atoms with Gasteiger partial charge in [-0.25, -0.2) is 4.79 Å². The summed E-state index contributed by atoms with van der Waals surface area (Å²) in [5, 5.41) is 2.74. The molecule has 0 bridgehead atoms. The summed E-state index contributed by atoms with van der Waals surface area (Å²) in [5.74, 6) is -0.616. The monoisotopic (exact) mass is 362 g/mol. The Labute approximate surface area is 158 Å². The highest BCUT2D eigenvalue weighted by atomic mass is 16.2. The summed E-state index contributed by atoms with van der Waals surface area (Å²) >= 11 is 0. The van der Waals surface area contributed by atoms with Crippen LogP contribution in [0.1, 0.15) is 46.8 Å². The van der Waals surface area contributed by atoms with Crippen LogP contribution >= 0.6 is 0 Å². The van der Waals surface area contributed by atoms with Crippen LogP contribution in [0.25, 0.3) is 0 Å². The van der Waals surface area contributed by atoms with Gasteiger partial charge < -0.3 is 5.32 Å². The Bertz CT molecular complexity index is 922. The van der Waals surface area contributed by atoms with Gasteiger partial charge in [-0.15, -0.1) is 0 Å². The molecule has 1 aliphatic heterocycles. The molecule has 1 aliphatic carbocycles. The van der Waals surface area contributed by atoms with Gasteiger partial charge in [-0.3, -0.25) is 14.5 Å². The largest absolute Gasteiger partial charge is 0.325 e. The third-order valence-electron chi connectivity index (χ3n) is 5.60. The van der Waals surface area contributed by atoms with Crippen molar-refractivity contribution in [2.24, 2.45) is 0 Å². The Morgan fingerprint density at radius 3 is 2.48 bits per heavy atom. The Balaban J connectivity index is 1.55. The third-order valence-corrected chi connectivity index (χ3v) is 5.60. The molecule has 0 spiro atoms. The number of carbonyl (C=O) groups excluding carboxylic acids is 3. The summed E-state index contributed by atoms with van der Waals surface area (Å²) in [7, 11) is 0. The second-order valence-corrected chi connectivity index (χ2v) is 7.43. The van der Waals surface area contributed by atoms with Gasteiger partial charge in [-0.05, 0) is 55.4 Å². The molecule has 27 heavy (non-hydrogen) atoms. The fourth-order valence-corrected chi connectivity index (χ4v) is 3.95. The first-order valence-electron chi connectivity index (χ1n) is 9.34. The van der Waals surface area contributed by atoms with Crippen LogP contribution in [0.4, 0.5) is 4.79 Å². The maximum atomic E-state index is 12.9. The lowest BCUT2D eigenvalue weighted by molar-refractivity contribution is -0.130. The molecule has 0 unspecified atom stereocenters. The van der Waals surface area contributed by atoms with Crippen LogP contribution in [-0.2, 0) is 23.2 Å². The van der Waals surface area contributed by atoms with Gasteiger partial charge in [0, 0.05) is 5.56 Å². The minimum absolute atomic E-state index is 0.218. The highest BCUT2D eigenvalue weighted by Crippen LogP contribution is 2.29. The molecule has 2 aliphatic rings. The zero-order chi connectivity index (χ0) is 19.0. The molecule has 2 aromatic carbocycles. The van der Waals surface area contributed by atoms with Crippen molar-refractivity contribution >= 4 is 17.7 Å². The molecule has 1 N–H and O–H groups in total. The number of Topliss-reactive ketones (excluding diaryl/α,β-unsaturated/α-hetero) is 1. The summed E-state index contributed by atoms with van der Waals surface area (Å²) in [6.07, 6.45) is 4.34. The first-order valence-corrected chi connectivity index (χ1v) is 9.34. The number of benzene rings is 2. The van der Waals surface area contributed by atoms with E-state index in [1.54, 1.807) is 25.1 Å². The van der Waals surface area contributed by atoms with E-state index >= 15 is 0 Å². The van der Waals surface area contributed by atoms with Crippen molar-refractivity contribution in [3.05, 3.63) is 70.8 Å². The average molecular weight is 362 g/mol. The average Bonchev–Trinajstić information content (AvgIpc) is 2.92. The van der Waals surface area contributed by atoms with Crippen LogP contribution in [0.5, 0.6) is 0 Å². The van der Waals surface area contributed by atoms with E-state index in [1.165, 1.54) is 17.5 Å². The number of ketones is 1. The van der Waals surface area contributed by atoms with Crippen molar-refractivity contribution in [2.75, 3.05) is 6.54 Å². The lowest BCUT2D eigenvalue weighted by Gasteiger charge is -2.22. The SMILES string of the molecule is C[C@@]1(c2ccccc2)NC(=O)N(CC(=O)c2ccc3c(c2)CCCC3)C1=O. The van der Waals surface area contributed by atoms with Gasteiger partial charge in [0.05, 0.1) is 6.54 Å². The Morgan fingerprint density at radius 2 is 1.74 bits per heavy atom. The van der Waals surface area contributed by atoms with Crippen LogP contribution in [-0.4, -0.2) is 29.2 Å². The van der Waals surface area contributed by atoms with Gasteiger partial charge >= 0.3 is 6.03 Å². The normalized spacial score (nSPS) is 21.7. The molecule has 1 heterocycles. The van der Waals surface area contributed by atoms with Crippen LogP contribution in [0.2, 0.25) is 0 Å². The number of fused-ring (bicyclic) bond motifs is 1. The van der Waals surface area contributed by atoms with Crippen LogP contribution in [0.15, 0.2) is 48.5 Å². The summed E-state index contributed by atoms with van der Waals surface area (Å²) in [6, 6.07) is 14.3. The fourth-order valence-electron chi connectivity index (χ4n) is 3.95. The van der Waals surface area contributed by atoms with Gasteiger partial charge in [-0.1, -0.05) is 42.5 Å². The molecule has 2 aromatic rings. The number of aryl methyl sites for hydroxylation is 2. The first kappa shape index (κ1) is 17.5. The second-order valence-electron chi connectivity index (χ2n) is 7.43. The molecule has 138 valence electrons. The lowest BCUT2D eigenvalue weighted by Crippen LogP contribution is -2.41.